The molecule has 0 atom stereocenters. The summed E-state index contributed by atoms with van der Waals surface area (Å²) >= 11 is 0. The second-order valence-electron chi connectivity index (χ2n) is 3.02. The van der Waals surface area contributed by atoms with Crippen molar-refractivity contribution < 1.29 is 17.9 Å². The topological polar surface area (TPSA) is 75.7 Å². The van der Waals surface area contributed by atoms with Crippen LogP contribution < -0.4 is 4.72 Å². The Morgan fingerprint density at radius 1 is 1.60 bits per heavy atom. The van der Waals surface area contributed by atoms with Crippen LogP contribution >= 0.6 is 0 Å². The molecule has 0 saturated carbocycles. The van der Waals surface area contributed by atoms with Crippen molar-refractivity contribution in [3.8, 4) is 12.3 Å². The second kappa shape index (κ2) is 5.58. The highest BCUT2D eigenvalue weighted by molar-refractivity contribution is 7.87. The van der Waals surface area contributed by atoms with E-state index in [1.165, 1.54) is 7.05 Å². The fourth-order valence-corrected chi connectivity index (χ4v) is 1.29. The van der Waals surface area contributed by atoms with Gasteiger partial charge in [-0.2, -0.15) is 12.7 Å². The summed E-state index contributed by atoms with van der Waals surface area (Å²) in [6.45, 7) is 3.10. The molecular formula is C8H14N2O4S. The fourth-order valence-electron chi connectivity index (χ4n) is 0.635. The number of ether oxygens (including phenoxy) is 1. The highest BCUT2D eigenvalue weighted by atomic mass is 32.2. The second-order valence-corrected chi connectivity index (χ2v) is 4.80. The van der Waals surface area contributed by atoms with Crippen LogP contribution in [0.5, 0.6) is 0 Å². The van der Waals surface area contributed by atoms with Crippen LogP contribution in [0.2, 0.25) is 0 Å². The number of hydrogen-bond acceptors (Lipinski definition) is 4. The normalized spacial score (nSPS) is 11.2. The van der Waals surface area contributed by atoms with Gasteiger partial charge >= 0.3 is 16.3 Å². The number of rotatable bonds is 4. The standard InChI is InChI=1S/C8H14N2O4S/c1-5-6-10(4)15(12,13)9-8(11)14-7(2)3/h1,7H,6H2,2-4H3,(H,9,11). The molecule has 0 heterocycles. The third kappa shape index (κ3) is 5.24. The first-order valence-electron chi connectivity index (χ1n) is 4.17. The van der Waals surface area contributed by atoms with Crippen LogP contribution in [0, 0.1) is 12.3 Å². The van der Waals surface area contributed by atoms with E-state index in [1.807, 2.05) is 0 Å². The van der Waals surface area contributed by atoms with Crippen molar-refractivity contribution >= 4 is 16.3 Å². The maximum atomic E-state index is 11.3. The predicted octanol–water partition coefficient (Wildman–Crippen LogP) is -0.0692. The molecule has 0 fully saturated rings. The van der Waals surface area contributed by atoms with Gasteiger partial charge in [-0.05, 0) is 13.8 Å². The van der Waals surface area contributed by atoms with E-state index in [-0.39, 0.29) is 6.54 Å². The Balaban J connectivity index is 4.40. The van der Waals surface area contributed by atoms with Gasteiger partial charge in [0.2, 0.25) is 0 Å². The summed E-state index contributed by atoms with van der Waals surface area (Å²) in [7, 11) is -2.65. The molecule has 0 bridgehead atoms. The molecule has 6 nitrogen and oxygen atoms in total. The molecule has 0 aliphatic heterocycles. The number of amides is 1. The molecule has 15 heavy (non-hydrogen) atoms. The first-order chi connectivity index (χ1) is 6.79. The summed E-state index contributed by atoms with van der Waals surface area (Å²) in [5.41, 5.74) is 0. The van der Waals surface area contributed by atoms with E-state index in [0.29, 0.717) is 0 Å². The molecule has 86 valence electrons. The molecule has 1 N–H and O–H groups in total. The lowest BCUT2D eigenvalue weighted by Crippen LogP contribution is -2.42. The number of carbonyl (C=O) groups is 1. The van der Waals surface area contributed by atoms with E-state index in [2.05, 4.69) is 10.7 Å². The number of terminal acetylenes is 1. The molecule has 0 aliphatic rings. The highest BCUT2D eigenvalue weighted by Gasteiger charge is 2.20. The summed E-state index contributed by atoms with van der Waals surface area (Å²) in [6, 6.07) is 0. The average molecular weight is 234 g/mol. The van der Waals surface area contributed by atoms with E-state index in [9.17, 15) is 13.2 Å². The maximum Gasteiger partial charge on any atom is 0.422 e. The van der Waals surface area contributed by atoms with Crippen LogP contribution in [0.3, 0.4) is 0 Å². The summed E-state index contributed by atoms with van der Waals surface area (Å²) < 4.78 is 29.8. The van der Waals surface area contributed by atoms with E-state index in [4.69, 9.17) is 6.42 Å². The first kappa shape index (κ1) is 13.7. The first-order valence-corrected chi connectivity index (χ1v) is 5.61. The average Bonchev–Trinajstić information content (AvgIpc) is 2.01. The Morgan fingerprint density at radius 2 is 2.13 bits per heavy atom. The van der Waals surface area contributed by atoms with Gasteiger partial charge in [-0.15, -0.1) is 6.42 Å². The van der Waals surface area contributed by atoms with E-state index in [1.54, 1.807) is 18.6 Å². The molecule has 0 unspecified atom stereocenters. The third-order valence-electron chi connectivity index (χ3n) is 1.28. The van der Waals surface area contributed by atoms with Crippen molar-refractivity contribution in [1.29, 1.82) is 0 Å². The summed E-state index contributed by atoms with van der Waals surface area (Å²) in [4.78, 5) is 11.0. The number of carbonyl (C=O) groups excluding carboxylic acids is 1. The predicted molar refractivity (Wildman–Crippen MR) is 55.1 cm³/mol. The summed E-state index contributed by atoms with van der Waals surface area (Å²) in [6.07, 6.45) is 3.53. The van der Waals surface area contributed by atoms with Crippen molar-refractivity contribution in [1.82, 2.24) is 9.03 Å². The Hall–Kier alpha value is -1.26. The van der Waals surface area contributed by atoms with Crippen LogP contribution in [0.1, 0.15) is 13.8 Å². The zero-order valence-electron chi connectivity index (χ0n) is 8.85. The van der Waals surface area contributed by atoms with Crippen LogP contribution in [0.15, 0.2) is 0 Å². The van der Waals surface area contributed by atoms with Crippen LogP contribution in [-0.4, -0.2) is 38.5 Å². The van der Waals surface area contributed by atoms with Gasteiger partial charge in [-0.3, -0.25) is 0 Å². The Bertz CT molecular complexity index is 355. The quantitative estimate of drug-likeness (QED) is 0.691. The van der Waals surface area contributed by atoms with Gasteiger partial charge in [0.15, 0.2) is 0 Å². The van der Waals surface area contributed by atoms with Gasteiger partial charge in [0.25, 0.3) is 0 Å². The molecule has 0 aromatic rings. The van der Waals surface area contributed by atoms with Gasteiger partial charge in [-0.25, -0.2) is 9.52 Å². The zero-order valence-corrected chi connectivity index (χ0v) is 9.67. The molecule has 7 heteroatoms. The smallest absolute Gasteiger partial charge is 0.422 e. The number of hydrogen-bond donors (Lipinski definition) is 1. The van der Waals surface area contributed by atoms with E-state index >= 15 is 0 Å². The number of nitrogens with zero attached hydrogens (tertiary/aromatic N) is 1. The molecule has 0 rings (SSSR count). The van der Waals surface area contributed by atoms with Crippen molar-refractivity contribution in [3.63, 3.8) is 0 Å². The molecule has 1 amide bonds. The lowest BCUT2D eigenvalue weighted by Gasteiger charge is -2.15. The fraction of sp³-hybridized carbons (Fsp3) is 0.625. The van der Waals surface area contributed by atoms with Gasteiger partial charge < -0.3 is 4.74 Å². The summed E-state index contributed by atoms with van der Waals surface area (Å²) in [5.74, 6) is 2.14. The number of nitrogens with one attached hydrogen (secondary N) is 1. The van der Waals surface area contributed by atoms with Gasteiger partial charge in [-0.1, -0.05) is 5.92 Å². The van der Waals surface area contributed by atoms with Crippen LogP contribution in [0.4, 0.5) is 4.79 Å². The molecule has 0 saturated heterocycles. The minimum Gasteiger partial charge on any atom is -0.446 e. The van der Waals surface area contributed by atoms with Crippen molar-refractivity contribution in [2.45, 2.75) is 20.0 Å². The van der Waals surface area contributed by atoms with Gasteiger partial charge in [0.05, 0.1) is 12.6 Å². The van der Waals surface area contributed by atoms with Crippen LogP contribution in [0.25, 0.3) is 0 Å². The van der Waals surface area contributed by atoms with E-state index in [0.717, 1.165) is 4.31 Å². The molecule has 0 aromatic carbocycles. The van der Waals surface area contributed by atoms with Crippen molar-refractivity contribution in [2.24, 2.45) is 0 Å². The SMILES string of the molecule is C#CCN(C)S(=O)(=O)NC(=O)OC(C)C. The molecular weight excluding hydrogens is 220 g/mol. The Morgan fingerprint density at radius 3 is 2.53 bits per heavy atom. The molecule has 0 spiro atoms. The Labute approximate surface area is 89.8 Å². The summed E-state index contributed by atoms with van der Waals surface area (Å²) in [5, 5.41) is 0. The molecule has 0 aromatic heterocycles. The largest absolute Gasteiger partial charge is 0.446 e. The van der Waals surface area contributed by atoms with Gasteiger partial charge in [0, 0.05) is 7.05 Å². The monoisotopic (exact) mass is 234 g/mol. The molecule has 0 aliphatic carbocycles. The van der Waals surface area contributed by atoms with E-state index < -0.39 is 22.4 Å². The lowest BCUT2D eigenvalue weighted by molar-refractivity contribution is 0.121. The van der Waals surface area contributed by atoms with Crippen molar-refractivity contribution in [3.05, 3.63) is 0 Å². The third-order valence-corrected chi connectivity index (χ3v) is 2.65. The minimum atomic E-state index is -3.90. The zero-order chi connectivity index (χ0) is 12.1. The van der Waals surface area contributed by atoms with Gasteiger partial charge in [0.1, 0.15) is 0 Å². The highest BCUT2D eigenvalue weighted by Crippen LogP contribution is 1.95. The maximum absolute atomic E-state index is 11.3. The minimum absolute atomic E-state index is 0.121. The molecule has 0 radical (unpaired) electrons. The lowest BCUT2D eigenvalue weighted by atomic mass is 10.5. The Kier molecular flexibility index (Phi) is 5.11. The van der Waals surface area contributed by atoms with Crippen molar-refractivity contribution in [2.75, 3.05) is 13.6 Å². The van der Waals surface area contributed by atoms with Crippen LogP contribution in [-0.2, 0) is 14.9 Å².